The number of nitrogens with one attached hydrogen (secondary N) is 2. The minimum absolute atomic E-state index is 0.00556. The van der Waals surface area contributed by atoms with Crippen LogP contribution in [0.5, 0.6) is 0 Å². The lowest BCUT2D eigenvalue weighted by atomic mass is 9.95. The summed E-state index contributed by atoms with van der Waals surface area (Å²) in [4.78, 5) is 22.3. The fourth-order valence-electron chi connectivity index (χ4n) is 1.11. The highest BCUT2D eigenvalue weighted by atomic mass is 16.2. The zero-order valence-electron chi connectivity index (χ0n) is 8.31. The third-order valence-corrected chi connectivity index (χ3v) is 1.99. The summed E-state index contributed by atoms with van der Waals surface area (Å²) in [7, 11) is 0. The molecule has 0 spiro atoms. The molecular weight excluding hydrogens is 168 g/mol. The Kier molecular flexibility index (Phi) is 2.59. The fraction of sp³-hybridized carbons (Fsp3) is 0.778. The zero-order chi connectivity index (χ0) is 10.1. The molecule has 0 bridgehead atoms. The van der Waals surface area contributed by atoms with Crippen molar-refractivity contribution in [3.8, 4) is 0 Å². The Morgan fingerprint density at radius 1 is 1.54 bits per heavy atom. The first-order valence-corrected chi connectivity index (χ1v) is 4.47. The summed E-state index contributed by atoms with van der Waals surface area (Å²) < 4.78 is 0. The van der Waals surface area contributed by atoms with Gasteiger partial charge in [0.25, 0.3) is 0 Å². The van der Waals surface area contributed by atoms with Gasteiger partial charge in [0.1, 0.15) is 0 Å². The van der Waals surface area contributed by atoms with Crippen molar-refractivity contribution < 1.29 is 9.59 Å². The van der Waals surface area contributed by atoms with E-state index in [4.69, 9.17) is 0 Å². The molecule has 0 aromatic carbocycles. The fourth-order valence-corrected chi connectivity index (χ4v) is 1.11. The van der Waals surface area contributed by atoms with Gasteiger partial charge in [0.05, 0.1) is 6.04 Å². The van der Waals surface area contributed by atoms with Gasteiger partial charge in [-0.25, -0.2) is 0 Å². The predicted molar refractivity (Wildman–Crippen MR) is 49.0 cm³/mol. The largest absolute Gasteiger partial charge is 0.354 e. The maximum absolute atomic E-state index is 11.5. The van der Waals surface area contributed by atoms with Crippen molar-refractivity contribution in [1.82, 2.24) is 10.6 Å². The first kappa shape index (κ1) is 10.0. The van der Waals surface area contributed by atoms with Crippen LogP contribution in [0.25, 0.3) is 0 Å². The van der Waals surface area contributed by atoms with Gasteiger partial charge < -0.3 is 10.6 Å². The molecule has 1 heterocycles. The molecule has 2 amide bonds. The Balaban J connectivity index is 2.42. The highest BCUT2D eigenvalue weighted by Crippen LogP contribution is 2.13. The molecule has 1 saturated heterocycles. The summed E-state index contributed by atoms with van der Waals surface area (Å²) in [6, 6.07) is -0.0285. The van der Waals surface area contributed by atoms with Crippen molar-refractivity contribution in [3.63, 3.8) is 0 Å². The van der Waals surface area contributed by atoms with Crippen LogP contribution in [0.1, 0.15) is 27.2 Å². The zero-order valence-corrected chi connectivity index (χ0v) is 8.31. The average Bonchev–Trinajstić information content (AvgIpc) is 2.33. The van der Waals surface area contributed by atoms with E-state index in [1.807, 2.05) is 20.8 Å². The van der Waals surface area contributed by atoms with Crippen LogP contribution in [0.3, 0.4) is 0 Å². The number of hydrogen-bond acceptors (Lipinski definition) is 2. The van der Waals surface area contributed by atoms with E-state index in [-0.39, 0.29) is 23.3 Å². The topological polar surface area (TPSA) is 58.2 Å². The second-order valence-corrected chi connectivity index (χ2v) is 4.43. The molecule has 13 heavy (non-hydrogen) atoms. The molecule has 0 saturated carbocycles. The van der Waals surface area contributed by atoms with Crippen LogP contribution >= 0.6 is 0 Å². The monoisotopic (exact) mass is 184 g/mol. The number of carbonyl (C=O) groups excluding carboxylic acids is 2. The molecule has 4 nitrogen and oxygen atoms in total. The molecule has 0 aliphatic carbocycles. The number of amides is 2. The Hall–Kier alpha value is -1.06. The molecule has 4 heteroatoms. The Morgan fingerprint density at radius 2 is 2.15 bits per heavy atom. The first-order valence-electron chi connectivity index (χ1n) is 4.47. The van der Waals surface area contributed by atoms with E-state index in [9.17, 15) is 9.59 Å². The van der Waals surface area contributed by atoms with Gasteiger partial charge >= 0.3 is 0 Å². The molecule has 1 atom stereocenters. The number of carbonyl (C=O) groups is 2. The SMILES string of the molecule is CC(C)(C)C(=O)N[C@@H]1CNC(=O)C1. The van der Waals surface area contributed by atoms with Crippen molar-refractivity contribution in [2.75, 3.05) is 6.54 Å². The minimum Gasteiger partial charge on any atom is -0.354 e. The van der Waals surface area contributed by atoms with Crippen molar-refractivity contribution in [1.29, 1.82) is 0 Å². The van der Waals surface area contributed by atoms with Crippen LogP contribution in [-0.4, -0.2) is 24.4 Å². The highest BCUT2D eigenvalue weighted by molar-refractivity contribution is 5.84. The summed E-state index contributed by atoms with van der Waals surface area (Å²) in [6.07, 6.45) is 0.405. The van der Waals surface area contributed by atoms with Gasteiger partial charge in [-0.1, -0.05) is 20.8 Å². The van der Waals surface area contributed by atoms with E-state index in [2.05, 4.69) is 10.6 Å². The van der Waals surface area contributed by atoms with E-state index in [1.54, 1.807) is 0 Å². The number of rotatable bonds is 1. The smallest absolute Gasteiger partial charge is 0.225 e. The van der Waals surface area contributed by atoms with Gasteiger partial charge in [-0.2, -0.15) is 0 Å². The van der Waals surface area contributed by atoms with Crippen LogP contribution in [0.2, 0.25) is 0 Å². The van der Waals surface area contributed by atoms with E-state index in [0.29, 0.717) is 13.0 Å². The van der Waals surface area contributed by atoms with Crippen LogP contribution in [0.15, 0.2) is 0 Å². The van der Waals surface area contributed by atoms with E-state index >= 15 is 0 Å². The third-order valence-electron chi connectivity index (χ3n) is 1.99. The molecule has 1 aliphatic heterocycles. The van der Waals surface area contributed by atoms with E-state index in [1.165, 1.54) is 0 Å². The molecule has 0 unspecified atom stereocenters. The minimum atomic E-state index is -0.383. The van der Waals surface area contributed by atoms with E-state index < -0.39 is 0 Å². The summed E-state index contributed by atoms with van der Waals surface area (Å²) in [5.74, 6) is 0.00760. The second kappa shape index (κ2) is 3.36. The van der Waals surface area contributed by atoms with Crippen LogP contribution < -0.4 is 10.6 Å². The van der Waals surface area contributed by atoms with Gasteiger partial charge in [-0.15, -0.1) is 0 Å². The Morgan fingerprint density at radius 3 is 2.54 bits per heavy atom. The van der Waals surface area contributed by atoms with Gasteiger partial charge in [0, 0.05) is 18.4 Å². The van der Waals surface area contributed by atoms with Crippen molar-refractivity contribution in [3.05, 3.63) is 0 Å². The van der Waals surface area contributed by atoms with Crippen LogP contribution in [0.4, 0.5) is 0 Å². The number of hydrogen-bond donors (Lipinski definition) is 2. The summed E-state index contributed by atoms with van der Waals surface area (Å²) in [6.45, 7) is 6.12. The third kappa shape index (κ3) is 2.72. The van der Waals surface area contributed by atoms with Crippen molar-refractivity contribution in [2.24, 2.45) is 5.41 Å². The molecule has 74 valence electrons. The average molecular weight is 184 g/mol. The Bertz CT molecular complexity index is 230. The summed E-state index contributed by atoms with van der Waals surface area (Å²) in [5.41, 5.74) is -0.383. The molecule has 0 radical (unpaired) electrons. The van der Waals surface area contributed by atoms with Gasteiger partial charge in [-0.05, 0) is 0 Å². The van der Waals surface area contributed by atoms with Crippen molar-refractivity contribution in [2.45, 2.75) is 33.2 Å². The molecule has 1 aliphatic rings. The lowest BCUT2D eigenvalue weighted by molar-refractivity contribution is -0.129. The van der Waals surface area contributed by atoms with Crippen LogP contribution in [-0.2, 0) is 9.59 Å². The maximum atomic E-state index is 11.5. The quantitative estimate of drug-likeness (QED) is 0.604. The molecule has 0 aromatic heterocycles. The standard InChI is InChI=1S/C9H16N2O2/c1-9(2,3)8(13)11-6-4-7(12)10-5-6/h6H,4-5H2,1-3H3,(H,10,12)(H,11,13)/t6-/m0/s1. The van der Waals surface area contributed by atoms with Crippen molar-refractivity contribution >= 4 is 11.8 Å². The predicted octanol–water partition coefficient (Wildman–Crippen LogP) is 0.0372. The summed E-state index contributed by atoms with van der Waals surface area (Å²) >= 11 is 0. The lowest BCUT2D eigenvalue weighted by Gasteiger charge is -2.20. The molecule has 0 aromatic rings. The van der Waals surface area contributed by atoms with E-state index in [0.717, 1.165) is 0 Å². The molecule has 2 N–H and O–H groups in total. The van der Waals surface area contributed by atoms with Gasteiger partial charge in [0.2, 0.25) is 11.8 Å². The van der Waals surface area contributed by atoms with Crippen LogP contribution in [0, 0.1) is 5.41 Å². The first-order chi connectivity index (χ1) is 5.89. The highest BCUT2D eigenvalue weighted by Gasteiger charge is 2.27. The molecule has 1 fully saturated rings. The molecule has 1 rings (SSSR count). The molecular formula is C9H16N2O2. The summed E-state index contributed by atoms with van der Waals surface area (Å²) in [5, 5.41) is 5.50. The lowest BCUT2D eigenvalue weighted by Crippen LogP contribution is -2.42. The van der Waals surface area contributed by atoms with Gasteiger partial charge in [-0.3, -0.25) is 9.59 Å². The maximum Gasteiger partial charge on any atom is 0.225 e. The normalized spacial score (nSPS) is 22.7. The second-order valence-electron chi connectivity index (χ2n) is 4.43. The Labute approximate surface area is 78.1 Å². The van der Waals surface area contributed by atoms with Gasteiger partial charge in [0.15, 0.2) is 0 Å².